The van der Waals surface area contributed by atoms with Gasteiger partial charge in [-0.2, -0.15) is 0 Å². The largest absolute Gasteiger partial charge is 0.444 e. The summed E-state index contributed by atoms with van der Waals surface area (Å²) in [6.07, 6.45) is 1.73. The van der Waals surface area contributed by atoms with Crippen LogP contribution in [0.5, 0.6) is 0 Å². The Morgan fingerprint density at radius 3 is 2.07 bits per heavy atom. The molecule has 2 aromatic carbocycles. The van der Waals surface area contributed by atoms with Gasteiger partial charge in [0.25, 0.3) is 11.8 Å². The molecule has 0 radical (unpaired) electrons. The van der Waals surface area contributed by atoms with Gasteiger partial charge in [-0.1, -0.05) is 60.7 Å². The zero-order valence-corrected chi connectivity index (χ0v) is 16.1. The Morgan fingerprint density at radius 2 is 1.52 bits per heavy atom. The van der Waals surface area contributed by atoms with Gasteiger partial charge in [-0.15, -0.1) is 0 Å². The lowest BCUT2D eigenvalue weighted by atomic mass is 10.0. The van der Waals surface area contributed by atoms with Gasteiger partial charge in [0.15, 0.2) is 5.78 Å². The van der Waals surface area contributed by atoms with Crippen LogP contribution in [0.4, 0.5) is 5.88 Å². The summed E-state index contributed by atoms with van der Waals surface area (Å²) in [5, 5.41) is 2.60. The van der Waals surface area contributed by atoms with Crippen molar-refractivity contribution in [1.82, 2.24) is 0 Å². The van der Waals surface area contributed by atoms with E-state index >= 15 is 0 Å². The number of amides is 2. The fourth-order valence-electron chi connectivity index (χ4n) is 3.08. The molecule has 0 unspecified atom stereocenters. The molecule has 29 heavy (non-hydrogen) atoms. The maximum atomic E-state index is 13.1. The van der Waals surface area contributed by atoms with Gasteiger partial charge in [-0.3, -0.25) is 19.7 Å². The first-order valence-electron chi connectivity index (χ1n) is 8.96. The first-order chi connectivity index (χ1) is 13.9. The number of anilines is 1. The number of primary amides is 1. The molecule has 1 aromatic heterocycles. The monoisotopic (exact) mass is 388 g/mol. The number of carbonyl (C=O) groups is 3. The Morgan fingerprint density at radius 1 is 0.931 bits per heavy atom. The van der Waals surface area contributed by atoms with Crippen LogP contribution < -0.4 is 11.1 Å². The van der Waals surface area contributed by atoms with Crippen LogP contribution >= 0.6 is 0 Å². The molecule has 0 aliphatic carbocycles. The zero-order chi connectivity index (χ0) is 21.0. The van der Waals surface area contributed by atoms with Gasteiger partial charge >= 0.3 is 0 Å². The standard InChI is InChI=1S/C23H20N2O4/c1-14(26)19-15(2)29-23(20(19)21(24)27)25-22(28)18(17-11-7-4-8-12-17)13-16-9-5-3-6-10-16/h3-13H,1-2H3,(H2,24,27)(H,25,28)/b18-13-. The van der Waals surface area contributed by atoms with E-state index in [1.165, 1.54) is 13.8 Å². The normalized spacial score (nSPS) is 11.2. The number of aryl methyl sites for hydroxylation is 1. The minimum atomic E-state index is -0.851. The molecule has 0 saturated heterocycles. The lowest BCUT2D eigenvalue weighted by Gasteiger charge is -2.09. The number of benzene rings is 2. The molecule has 3 rings (SSSR count). The van der Waals surface area contributed by atoms with E-state index < -0.39 is 11.8 Å². The number of hydrogen-bond donors (Lipinski definition) is 2. The van der Waals surface area contributed by atoms with Crippen LogP contribution in [0.3, 0.4) is 0 Å². The van der Waals surface area contributed by atoms with Crippen LogP contribution in [-0.4, -0.2) is 17.6 Å². The Balaban J connectivity index is 2.05. The third kappa shape index (κ3) is 4.32. The number of ketones is 1. The summed E-state index contributed by atoms with van der Waals surface area (Å²) in [7, 11) is 0. The topological polar surface area (TPSA) is 102 Å². The molecule has 0 aliphatic rings. The summed E-state index contributed by atoms with van der Waals surface area (Å²) in [6.45, 7) is 2.84. The van der Waals surface area contributed by atoms with Crippen molar-refractivity contribution < 1.29 is 18.8 Å². The molecule has 0 aliphatic heterocycles. The van der Waals surface area contributed by atoms with Gasteiger partial charge in [0.1, 0.15) is 11.3 Å². The second kappa shape index (κ2) is 8.39. The molecule has 3 N–H and O–H groups in total. The van der Waals surface area contributed by atoms with E-state index in [-0.39, 0.29) is 28.6 Å². The summed E-state index contributed by atoms with van der Waals surface area (Å²) in [4.78, 5) is 36.9. The van der Waals surface area contributed by atoms with E-state index in [4.69, 9.17) is 10.2 Å². The van der Waals surface area contributed by atoms with Crippen molar-refractivity contribution in [3.63, 3.8) is 0 Å². The van der Waals surface area contributed by atoms with Crippen molar-refractivity contribution in [2.24, 2.45) is 5.73 Å². The fraction of sp³-hybridized carbons (Fsp3) is 0.0870. The van der Waals surface area contributed by atoms with E-state index in [0.717, 1.165) is 5.56 Å². The molecule has 3 aromatic rings. The lowest BCUT2D eigenvalue weighted by Crippen LogP contribution is -2.19. The Kier molecular flexibility index (Phi) is 5.74. The van der Waals surface area contributed by atoms with Crippen molar-refractivity contribution in [3.05, 3.63) is 88.7 Å². The minimum Gasteiger partial charge on any atom is -0.444 e. The molecule has 6 nitrogen and oxygen atoms in total. The molecule has 0 atom stereocenters. The van der Waals surface area contributed by atoms with Crippen molar-refractivity contribution in [3.8, 4) is 0 Å². The molecule has 0 saturated carbocycles. The number of nitrogens with two attached hydrogens (primary N) is 1. The molecule has 1 heterocycles. The molecule has 0 fully saturated rings. The van der Waals surface area contributed by atoms with Gasteiger partial charge in [-0.25, -0.2) is 0 Å². The number of nitrogens with one attached hydrogen (secondary N) is 1. The molecule has 2 amide bonds. The van der Waals surface area contributed by atoms with Crippen LogP contribution in [0, 0.1) is 6.92 Å². The van der Waals surface area contributed by atoms with Crippen LogP contribution in [0.15, 0.2) is 65.1 Å². The van der Waals surface area contributed by atoms with Gasteiger partial charge in [0.2, 0.25) is 5.88 Å². The van der Waals surface area contributed by atoms with Crippen LogP contribution in [-0.2, 0) is 4.79 Å². The third-order valence-electron chi connectivity index (χ3n) is 4.35. The molecule has 6 heteroatoms. The summed E-state index contributed by atoms with van der Waals surface area (Å²) >= 11 is 0. The minimum absolute atomic E-state index is 0.0705. The number of rotatable bonds is 6. The zero-order valence-electron chi connectivity index (χ0n) is 16.1. The average molecular weight is 388 g/mol. The molecule has 146 valence electrons. The van der Waals surface area contributed by atoms with E-state index in [0.29, 0.717) is 11.1 Å². The van der Waals surface area contributed by atoms with E-state index in [1.54, 1.807) is 18.2 Å². The van der Waals surface area contributed by atoms with Crippen molar-refractivity contribution in [1.29, 1.82) is 0 Å². The highest BCUT2D eigenvalue weighted by Gasteiger charge is 2.27. The maximum absolute atomic E-state index is 13.1. The van der Waals surface area contributed by atoms with Crippen molar-refractivity contribution in [2.75, 3.05) is 5.32 Å². The summed E-state index contributed by atoms with van der Waals surface area (Å²) in [6, 6.07) is 18.5. The van der Waals surface area contributed by atoms with Gasteiger partial charge in [0, 0.05) is 5.57 Å². The molecule has 0 spiro atoms. The molecular formula is C23H20N2O4. The van der Waals surface area contributed by atoms with E-state index in [2.05, 4.69) is 5.32 Å². The Bertz CT molecular complexity index is 1100. The quantitative estimate of drug-likeness (QED) is 0.377. The van der Waals surface area contributed by atoms with Gasteiger partial charge in [0.05, 0.1) is 5.56 Å². The smallest absolute Gasteiger partial charge is 0.258 e. The molecular weight excluding hydrogens is 368 g/mol. The van der Waals surface area contributed by atoms with Crippen molar-refractivity contribution >= 4 is 35.1 Å². The van der Waals surface area contributed by atoms with Gasteiger partial charge < -0.3 is 10.2 Å². The second-order valence-electron chi connectivity index (χ2n) is 6.45. The summed E-state index contributed by atoms with van der Waals surface area (Å²) in [5.74, 6) is -1.64. The predicted octanol–water partition coefficient (Wildman–Crippen LogP) is 4.07. The first kappa shape index (κ1) is 19.8. The Hall–Kier alpha value is -3.93. The SMILES string of the molecule is CC(=O)c1c(C)oc(NC(=O)/C(=C\c2ccccc2)c2ccccc2)c1C(N)=O. The molecule has 0 bridgehead atoms. The second-order valence-corrected chi connectivity index (χ2v) is 6.45. The number of carbonyl (C=O) groups excluding carboxylic acids is 3. The number of Topliss-reactive ketones (excluding diaryl/α,β-unsaturated/α-hetero) is 1. The highest BCUT2D eigenvalue weighted by Crippen LogP contribution is 2.29. The van der Waals surface area contributed by atoms with Crippen LogP contribution in [0.2, 0.25) is 0 Å². The third-order valence-corrected chi connectivity index (χ3v) is 4.35. The van der Waals surface area contributed by atoms with Crippen LogP contribution in [0.25, 0.3) is 11.6 Å². The maximum Gasteiger partial charge on any atom is 0.258 e. The summed E-state index contributed by atoms with van der Waals surface area (Å²) in [5.41, 5.74) is 7.26. The van der Waals surface area contributed by atoms with E-state index in [1.807, 2.05) is 48.5 Å². The Labute approximate surface area is 168 Å². The predicted molar refractivity (Wildman–Crippen MR) is 111 cm³/mol. The van der Waals surface area contributed by atoms with Crippen LogP contribution in [0.1, 0.15) is 44.5 Å². The number of hydrogen-bond acceptors (Lipinski definition) is 4. The first-order valence-corrected chi connectivity index (χ1v) is 8.96. The highest BCUT2D eigenvalue weighted by molar-refractivity contribution is 6.29. The van der Waals surface area contributed by atoms with Crippen molar-refractivity contribution in [2.45, 2.75) is 13.8 Å². The summed E-state index contributed by atoms with van der Waals surface area (Å²) < 4.78 is 5.49. The average Bonchev–Trinajstić information content (AvgIpc) is 3.03. The highest BCUT2D eigenvalue weighted by atomic mass is 16.4. The number of furan rings is 1. The fourth-order valence-corrected chi connectivity index (χ4v) is 3.08. The van der Waals surface area contributed by atoms with E-state index in [9.17, 15) is 14.4 Å². The van der Waals surface area contributed by atoms with Gasteiger partial charge in [-0.05, 0) is 31.1 Å². The lowest BCUT2D eigenvalue weighted by molar-refractivity contribution is -0.111.